The van der Waals surface area contributed by atoms with E-state index in [1.54, 1.807) is 25.3 Å². The van der Waals surface area contributed by atoms with Crippen molar-refractivity contribution in [2.24, 2.45) is 0 Å². The lowest BCUT2D eigenvalue weighted by Crippen LogP contribution is -2.39. The Labute approximate surface area is 159 Å². The predicted octanol–water partition coefficient (Wildman–Crippen LogP) is 4.18. The maximum Gasteiger partial charge on any atom is 0.334 e. The summed E-state index contributed by atoms with van der Waals surface area (Å²) in [6, 6.07) is 14.1. The van der Waals surface area contributed by atoms with E-state index in [0.29, 0.717) is 17.9 Å². The third kappa shape index (κ3) is 4.88. The second-order valence-electron chi connectivity index (χ2n) is 4.71. The lowest BCUT2D eigenvalue weighted by Gasteiger charge is -2.19. The van der Waals surface area contributed by atoms with Gasteiger partial charge >= 0.3 is 6.03 Å². The van der Waals surface area contributed by atoms with Crippen molar-refractivity contribution in [2.75, 3.05) is 13.7 Å². The molecule has 2 aromatic rings. The number of imide groups is 1. The van der Waals surface area contributed by atoms with Gasteiger partial charge in [0.15, 0.2) is 0 Å². The number of carbonyl (C=O) groups excluding carboxylic acids is 2. The Kier molecular flexibility index (Phi) is 6.92. The van der Waals surface area contributed by atoms with Crippen molar-refractivity contribution in [3.63, 3.8) is 0 Å². The zero-order valence-corrected chi connectivity index (χ0v) is 16.3. The summed E-state index contributed by atoms with van der Waals surface area (Å²) in [6.45, 7) is 2.33. The molecule has 0 radical (unpaired) electrons. The summed E-state index contributed by atoms with van der Waals surface area (Å²) in [7, 11) is 1.57. The summed E-state index contributed by atoms with van der Waals surface area (Å²) in [5, 5.41) is 2.42. The van der Waals surface area contributed by atoms with E-state index in [-0.39, 0.29) is 0 Å². The lowest BCUT2D eigenvalue weighted by molar-refractivity contribution is 0.0960. The van der Waals surface area contributed by atoms with E-state index in [9.17, 15) is 9.59 Å². The Morgan fingerprint density at radius 3 is 2.50 bits per heavy atom. The first-order valence-corrected chi connectivity index (χ1v) is 9.09. The Morgan fingerprint density at radius 2 is 1.92 bits per heavy atom. The first-order valence-electron chi connectivity index (χ1n) is 7.24. The van der Waals surface area contributed by atoms with Crippen molar-refractivity contribution < 1.29 is 14.3 Å². The van der Waals surface area contributed by atoms with Crippen LogP contribution >= 0.6 is 34.5 Å². The maximum absolute atomic E-state index is 12.3. The third-order valence-corrected chi connectivity index (χ3v) is 5.08. The number of halogens is 1. The molecule has 0 bridgehead atoms. The molecule has 5 nitrogen and oxygen atoms in total. The van der Waals surface area contributed by atoms with Gasteiger partial charge in [0.1, 0.15) is 5.75 Å². The van der Waals surface area contributed by atoms with E-state index < -0.39 is 11.9 Å². The molecule has 0 saturated heterocycles. The average molecular weight is 456 g/mol. The van der Waals surface area contributed by atoms with Crippen LogP contribution in [0.15, 0.2) is 53.4 Å². The molecule has 0 aromatic heterocycles. The molecule has 0 aliphatic rings. The summed E-state index contributed by atoms with van der Waals surface area (Å²) in [5.74, 6) is 0.251. The highest BCUT2D eigenvalue weighted by Crippen LogP contribution is 2.23. The van der Waals surface area contributed by atoms with Crippen LogP contribution in [-0.4, -0.2) is 29.9 Å². The van der Waals surface area contributed by atoms with Crippen LogP contribution in [0.3, 0.4) is 0 Å². The molecule has 24 heavy (non-hydrogen) atoms. The number of methoxy groups -OCH3 is 1. The molecule has 2 aromatic carbocycles. The maximum atomic E-state index is 12.3. The van der Waals surface area contributed by atoms with Crippen LogP contribution < -0.4 is 10.1 Å². The molecule has 0 fully saturated rings. The molecule has 0 spiro atoms. The van der Waals surface area contributed by atoms with Crippen molar-refractivity contribution in [1.82, 2.24) is 9.62 Å². The highest BCUT2D eigenvalue weighted by Gasteiger charge is 2.18. The van der Waals surface area contributed by atoms with Gasteiger partial charge < -0.3 is 4.74 Å². The highest BCUT2D eigenvalue weighted by molar-refractivity contribution is 14.1. The number of nitrogens with zero attached hydrogens (tertiary/aromatic N) is 1. The number of hydrogen-bond acceptors (Lipinski definition) is 4. The van der Waals surface area contributed by atoms with Gasteiger partial charge in [-0.15, -0.1) is 0 Å². The fourth-order valence-corrected chi connectivity index (χ4v) is 3.42. The Morgan fingerprint density at radius 1 is 1.21 bits per heavy atom. The van der Waals surface area contributed by atoms with Crippen LogP contribution in [0.1, 0.15) is 17.3 Å². The van der Waals surface area contributed by atoms with Crippen molar-refractivity contribution in [2.45, 2.75) is 11.8 Å². The van der Waals surface area contributed by atoms with Gasteiger partial charge in [-0.2, -0.15) is 0 Å². The van der Waals surface area contributed by atoms with E-state index in [2.05, 4.69) is 27.9 Å². The van der Waals surface area contributed by atoms with Crippen LogP contribution in [-0.2, 0) is 0 Å². The number of rotatable bonds is 5. The highest BCUT2D eigenvalue weighted by atomic mass is 127. The fraction of sp³-hybridized carbons (Fsp3) is 0.176. The molecular formula is C17H17IN2O3S. The molecule has 126 valence electrons. The van der Waals surface area contributed by atoms with Gasteiger partial charge in [0.05, 0.1) is 10.7 Å². The molecule has 2 rings (SSSR count). The van der Waals surface area contributed by atoms with E-state index >= 15 is 0 Å². The van der Waals surface area contributed by atoms with Crippen LogP contribution in [0.25, 0.3) is 0 Å². The molecule has 0 saturated carbocycles. The Balaban J connectivity index is 2.04. The molecule has 7 heteroatoms. The SMILES string of the molecule is CCN(Sc1ccccc1)C(=O)NC(=O)c1ccc(OC)c(I)c1. The molecule has 3 amide bonds. The largest absolute Gasteiger partial charge is 0.496 e. The number of hydrogen-bond donors (Lipinski definition) is 1. The van der Waals surface area contributed by atoms with Crippen molar-refractivity contribution in [3.8, 4) is 5.75 Å². The molecule has 0 aliphatic heterocycles. The zero-order chi connectivity index (χ0) is 17.5. The van der Waals surface area contributed by atoms with Crippen LogP contribution in [0, 0.1) is 3.57 Å². The van der Waals surface area contributed by atoms with Gasteiger partial charge in [-0.05, 0) is 71.8 Å². The van der Waals surface area contributed by atoms with Crippen LogP contribution in [0.5, 0.6) is 5.75 Å². The average Bonchev–Trinajstić information content (AvgIpc) is 2.60. The van der Waals surface area contributed by atoms with E-state index in [1.807, 2.05) is 37.3 Å². The number of carbonyl (C=O) groups is 2. The molecule has 0 atom stereocenters. The van der Waals surface area contributed by atoms with Gasteiger partial charge in [-0.3, -0.25) is 14.4 Å². The quantitative estimate of drug-likeness (QED) is 0.542. The Bertz CT molecular complexity index is 725. The van der Waals surface area contributed by atoms with E-state index in [4.69, 9.17) is 4.74 Å². The summed E-state index contributed by atoms with van der Waals surface area (Å²) < 4.78 is 7.47. The molecular weight excluding hydrogens is 439 g/mol. The van der Waals surface area contributed by atoms with Gasteiger partial charge in [-0.25, -0.2) is 4.79 Å². The van der Waals surface area contributed by atoms with E-state index in [0.717, 1.165) is 8.47 Å². The van der Waals surface area contributed by atoms with Crippen molar-refractivity contribution in [3.05, 3.63) is 57.7 Å². The minimum Gasteiger partial charge on any atom is -0.496 e. The van der Waals surface area contributed by atoms with Gasteiger partial charge in [0.2, 0.25) is 0 Å². The number of nitrogens with one attached hydrogen (secondary N) is 1. The fourth-order valence-electron chi connectivity index (χ4n) is 1.90. The second-order valence-corrected chi connectivity index (χ2v) is 6.96. The topological polar surface area (TPSA) is 58.6 Å². The summed E-state index contributed by atoms with van der Waals surface area (Å²) in [4.78, 5) is 25.5. The molecule has 0 heterocycles. The number of urea groups is 1. The molecule has 1 N–H and O–H groups in total. The molecule has 0 aliphatic carbocycles. The Hall–Kier alpha value is -1.74. The zero-order valence-electron chi connectivity index (χ0n) is 13.3. The minimum absolute atomic E-state index is 0.411. The minimum atomic E-state index is -0.442. The number of ether oxygens (including phenoxy) is 1. The van der Waals surface area contributed by atoms with Gasteiger partial charge in [-0.1, -0.05) is 18.2 Å². The number of amides is 3. The van der Waals surface area contributed by atoms with Gasteiger partial charge in [0, 0.05) is 17.0 Å². The summed E-state index contributed by atoms with van der Waals surface area (Å²) in [6.07, 6.45) is 0. The predicted molar refractivity (Wildman–Crippen MR) is 103 cm³/mol. The van der Waals surface area contributed by atoms with Crippen LogP contribution in [0.2, 0.25) is 0 Å². The van der Waals surface area contributed by atoms with E-state index in [1.165, 1.54) is 16.3 Å². The molecule has 0 unspecified atom stereocenters. The summed E-state index contributed by atoms with van der Waals surface area (Å²) in [5.41, 5.74) is 0.411. The smallest absolute Gasteiger partial charge is 0.334 e. The number of benzene rings is 2. The summed E-state index contributed by atoms with van der Waals surface area (Å²) >= 11 is 3.38. The second kappa shape index (κ2) is 8.93. The van der Waals surface area contributed by atoms with Crippen molar-refractivity contribution in [1.29, 1.82) is 0 Å². The first kappa shape index (κ1) is 18.6. The van der Waals surface area contributed by atoms with Crippen LogP contribution in [0.4, 0.5) is 4.79 Å². The standard InChI is InChI=1S/C17H17IN2O3S/c1-3-20(24-13-7-5-4-6-8-13)17(22)19-16(21)12-9-10-15(23-2)14(18)11-12/h4-11H,3H2,1-2H3,(H,19,21,22). The normalized spacial score (nSPS) is 10.1. The van der Waals surface area contributed by atoms with Crippen molar-refractivity contribution >= 4 is 46.5 Å². The monoisotopic (exact) mass is 456 g/mol. The third-order valence-electron chi connectivity index (χ3n) is 3.11. The van der Waals surface area contributed by atoms with Gasteiger partial charge in [0.25, 0.3) is 5.91 Å². The lowest BCUT2D eigenvalue weighted by atomic mass is 10.2. The first-order chi connectivity index (χ1) is 11.5.